The first kappa shape index (κ1) is 19.7. The monoisotopic (exact) mass is 397 g/mol. The molecule has 2 amide bonds. The molecule has 28 heavy (non-hydrogen) atoms. The molecular formula is C21H20FN3O2S. The van der Waals surface area contributed by atoms with Gasteiger partial charge in [0.15, 0.2) is 0 Å². The lowest BCUT2D eigenvalue weighted by molar-refractivity contribution is 0.0827. The van der Waals surface area contributed by atoms with E-state index in [0.717, 1.165) is 11.1 Å². The molecule has 0 aliphatic rings. The fourth-order valence-corrected chi connectivity index (χ4v) is 3.65. The lowest BCUT2D eigenvalue weighted by atomic mass is 10.1. The maximum absolute atomic E-state index is 13.1. The highest BCUT2D eigenvalue weighted by Crippen LogP contribution is 2.28. The highest BCUT2D eigenvalue weighted by molar-refractivity contribution is 7.17. The largest absolute Gasteiger partial charge is 0.347 e. The molecular weight excluding hydrogens is 377 g/mol. The first-order valence-corrected chi connectivity index (χ1v) is 9.49. The number of rotatable bonds is 5. The topological polar surface area (TPSA) is 62.3 Å². The molecule has 0 bridgehead atoms. The van der Waals surface area contributed by atoms with E-state index in [2.05, 4.69) is 10.3 Å². The van der Waals surface area contributed by atoms with Crippen molar-refractivity contribution < 1.29 is 14.0 Å². The molecule has 3 rings (SSSR count). The summed E-state index contributed by atoms with van der Waals surface area (Å²) in [6.45, 7) is 2.07. The summed E-state index contributed by atoms with van der Waals surface area (Å²) in [6.07, 6.45) is 0. The minimum atomic E-state index is -0.315. The molecule has 0 saturated carbocycles. The van der Waals surface area contributed by atoms with E-state index in [4.69, 9.17) is 0 Å². The van der Waals surface area contributed by atoms with Crippen LogP contribution < -0.4 is 5.32 Å². The van der Waals surface area contributed by atoms with E-state index in [1.165, 1.54) is 28.4 Å². The zero-order chi connectivity index (χ0) is 20.3. The molecule has 0 aliphatic carbocycles. The summed E-state index contributed by atoms with van der Waals surface area (Å²) in [7, 11) is 3.39. The van der Waals surface area contributed by atoms with Crippen LogP contribution in [0.1, 0.15) is 31.3 Å². The molecule has 1 N–H and O–H groups in total. The van der Waals surface area contributed by atoms with Crippen molar-refractivity contribution in [1.82, 2.24) is 15.2 Å². The molecule has 3 aromatic rings. The van der Waals surface area contributed by atoms with Gasteiger partial charge in [-0.3, -0.25) is 9.59 Å². The van der Waals surface area contributed by atoms with Gasteiger partial charge in [-0.25, -0.2) is 9.37 Å². The molecule has 0 atom stereocenters. The van der Waals surface area contributed by atoms with E-state index in [9.17, 15) is 14.0 Å². The second-order valence-corrected chi connectivity index (χ2v) is 7.52. The number of carbonyl (C=O) groups excluding carboxylic acids is 2. The molecule has 7 heteroatoms. The van der Waals surface area contributed by atoms with Crippen molar-refractivity contribution in [2.45, 2.75) is 13.5 Å². The number of nitrogens with one attached hydrogen (secondary N) is 1. The van der Waals surface area contributed by atoms with E-state index in [1.807, 2.05) is 6.07 Å². The third-order valence-electron chi connectivity index (χ3n) is 4.13. The summed E-state index contributed by atoms with van der Waals surface area (Å²) >= 11 is 1.27. The van der Waals surface area contributed by atoms with E-state index >= 15 is 0 Å². The third-order valence-corrected chi connectivity index (χ3v) is 5.33. The summed E-state index contributed by atoms with van der Waals surface area (Å²) < 4.78 is 13.1. The SMILES string of the molecule is Cc1nc(-c2ccc(F)cc2)sc1C(=O)NCc1cccc(C(=O)N(C)C)c1. The van der Waals surface area contributed by atoms with Crippen molar-refractivity contribution in [3.05, 3.63) is 76.0 Å². The number of amides is 2. The average molecular weight is 397 g/mol. The number of thiazole rings is 1. The highest BCUT2D eigenvalue weighted by Gasteiger charge is 2.16. The number of carbonyl (C=O) groups is 2. The molecule has 1 aromatic heterocycles. The van der Waals surface area contributed by atoms with Gasteiger partial charge in [-0.1, -0.05) is 12.1 Å². The number of benzene rings is 2. The molecule has 0 fully saturated rings. The average Bonchev–Trinajstić information content (AvgIpc) is 3.08. The van der Waals surface area contributed by atoms with Gasteiger partial charge in [0.2, 0.25) is 0 Å². The van der Waals surface area contributed by atoms with Crippen LogP contribution in [0, 0.1) is 12.7 Å². The Morgan fingerprint density at radius 3 is 2.54 bits per heavy atom. The van der Waals surface area contributed by atoms with E-state index in [1.54, 1.807) is 51.4 Å². The third kappa shape index (κ3) is 4.43. The van der Waals surface area contributed by atoms with Crippen molar-refractivity contribution in [1.29, 1.82) is 0 Å². The molecule has 1 heterocycles. The number of aromatic nitrogens is 1. The van der Waals surface area contributed by atoms with Gasteiger partial charge in [0.05, 0.1) is 5.69 Å². The van der Waals surface area contributed by atoms with Crippen molar-refractivity contribution >= 4 is 23.2 Å². The fraction of sp³-hybridized carbons (Fsp3) is 0.190. The van der Waals surface area contributed by atoms with Crippen LogP contribution in [-0.2, 0) is 6.54 Å². The first-order valence-electron chi connectivity index (χ1n) is 8.67. The number of hydrogen-bond donors (Lipinski definition) is 1. The number of halogens is 1. The molecule has 0 aliphatic heterocycles. The molecule has 2 aromatic carbocycles. The Kier molecular flexibility index (Phi) is 5.84. The zero-order valence-electron chi connectivity index (χ0n) is 15.8. The lowest BCUT2D eigenvalue weighted by Crippen LogP contribution is -2.24. The Labute approximate surface area is 166 Å². The minimum absolute atomic E-state index is 0.0876. The van der Waals surface area contributed by atoms with Gasteiger partial charge in [0, 0.05) is 31.8 Å². The van der Waals surface area contributed by atoms with Crippen molar-refractivity contribution in [3.63, 3.8) is 0 Å². The normalized spacial score (nSPS) is 10.6. The first-order chi connectivity index (χ1) is 13.3. The quantitative estimate of drug-likeness (QED) is 0.711. The fourth-order valence-electron chi connectivity index (χ4n) is 2.66. The van der Waals surface area contributed by atoms with Crippen LogP contribution in [0.15, 0.2) is 48.5 Å². The van der Waals surface area contributed by atoms with Crippen LogP contribution in [0.4, 0.5) is 4.39 Å². The number of aryl methyl sites for hydroxylation is 1. The van der Waals surface area contributed by atoms with E-state index < -0.39 is 0 Å². The highest BCUT2D eigenvalue weighted by atomic mass is 32.1. The van der Waals surface area contributed by atoms with Gasteiger partial charge in [-0.05, 0) is 48.9 Å². The number of nitrogens with zero attached hydrogens (tertiary/aromatic N) is 2. The summed E-state index contributed by atoms with van der Waals surface area (Å²) in [5.41, 5.74) is 2.80. The van der Waals surface area contributed by atoms with Crippen molar-refractivity contribution in [2.75, 3.05) is 14.1 Å². The Morgan fingerprint density at radius 2 is 1.86 bits per heavy atom. The van der Waals surface area contributed by atoms with E-state index in [0.29, 0.717) is 27.7 Å². The van der Waals surface area contributed by atoms with E-state index in [-0.39, 0.29) is 17.6 Å². The smallest absolute Gasteiger partial charge is 0.263 e. The van der Waals surface area contributed by atoms with Crippen molar-refractivity contribution in [3.8, 4) is 10.6 Å². The summed E-state index contributed by atoms with van der Waals surface area (Å²) in [5, 5.41) is 3.54. The van der Waals surface area contributed by atoms with Crippen LogP contribution in [0.25, 0.3) is 10.6 Å². The van der Waals surface area contributed by atoms with Crippen LogP contribution in [0.5, 0.6) is 0 Å². The van der Waals surface area contributed by atoms with Gasteiger partial charge in [0.1, 0.15) is 15.7 Å². The second-order valence-electron chi connectivity index (χ2n) is 6.52. The molecule has 5 nitrogen and oxygen atoms in total. The summed E-state index contributed by atoms with van der Waals surface area (Å²) in [6, 6.07) is 13.2. The summed E-state index contributed by atoms with van der Waals surface area (Å²) in [4.78, 5) is 31.1. The van der Waals surface area contributed by atoms with Crippen molar-refractivity contribution in [2.24, 2.45) is 0 Å². The zero-order valence-corrected chi connectivity index (χ0v) is 16.6. The minimum Gasteiger partial charge on any atom is -0.347 e. The molecule has 0 saturated heterocycles. The Balaban J connectivity index is 1.71. The predicted octanol–water partition coefficient (Wildman–Crippen LogP) is 3.89. The van der Waals surface area contributed by atoms with Crippen LogP contribution in [0.3, 0.4) is 0 Å². The maximum atomic E-state index is 13.1. The Morgan fingerprint density at radius 1 is 1.14 bits per heavy atom. The van der Waals surface area contributed by atoms with Gasteiger partial charge in [-0.2, -0.15) is 0 Å². The molecule has 144 valence electrons. The van der Waals surface area contributed by atoms with Crippen LogP contribution >= 0.6 is 11.3 Å². The Bertz CT molecular complexity index is 1010. The molecule has 0 spiro atoms. The van der Waals surface area contributed by atoms with Crippen LogP contribution in [0.2, 0.25) is 0 Å². The molecule has 0 unspecified atom stereocenters. The Hall–Kier alpha value is -3.06. The van der Waals surface area contributed by atoms with Gasteiger partial charge < -0.3 is 10.2 Å². The lowest BCUT2D eigenvalue weighted by Gasteiger charge is -2.11. The molecule has 0 radical (unpaired) electrons. The van der Waals surface area contributed by atoms with Gasteiger partial charge >= 0.3 is 0 Å². The predicted molar refractivity (Wildman–Crippen MR) is 108 cm³/mol. The summed E-state index contributed by atoms with van der Waals surface area (Å²) in [5.74, 6) is -0.631. The second kappa shape index (κ2) is 8.31. The maximum Gasteiger partial charge on any atom is 0.263 e. The van der Waals surface area contributed by atoms with Gasteiger partial charge in [-0.15, -0.1) is 11.3 Å². The van der Waals surface area contributed by atoms with Crippen LogP contribution in [-0.4, -0.2) is 35.8 Å². The van der Waals surface area contributed by atoms with Gasteiger partial charge in [0.25, 0.3) is 11.8 Å². The standard InChI is InChI=1S/C21H20FN3O2S/c1-13-18(28-20(24-13)15-7-9-17(22)10-8-15)19(26)23-12-14-5-4-6-16(11-14)21(27)25(2)3/h4-11H,12H2,1-3H3,(H,23,26). The number of hydrogen-bond acceptors (Lipinski definition) is 4.